The lowest BCUT2D eigenvalue weighted by Crippen LogP contribution is -2.19. The summed E-state index contributed by atoms with van der Waals surface area (Å²) in [7, 11) is -3.54. The molecular weight excluding hydrogens is 343 g/mol. The Morgan fingerprint density at radius 3 is 2.44 bits per heavy atom. The first kappa shape index (κ1) is 17.4. The largest absolute Gasteiger partial charge is 0.369 e. The Labute approximate surface area is 146 Å². The molecule has 7 heteroatoms. The van der Waals surface area contributed by atoms with Gasteiger partial charge in [-0.2, -0.15) is 0 Å². The average molecular weight is 362 g/mol. The van der Waals surface area contributed by atoms with Crippen molar-refractivity contribution in [1.82, 2.24) is 0 Å². The highest BCUT2D eigenvalue weighted by molar-refractivity contribution is 7.90. The first-order valence-electron chi connectivity index (χ1n) is 8.01. The van der Waals surface area contributed by atoms with Gasteiger partial charge < -0.3 is 10.2 Å². The number of amides is 1. The summed E-state index contributed by atoms with van der Waals surface area (Å²) in [4.78, 5) is 14.3. The molecule has 0 spiro atoms. The van der Waals surface area contributed by atoms with Gasteiger partial charge in [0.25, 0.3) is 5.91 Å². The molecule has 1 N–H and O–H groups in total. The lowest BCUT2D eigenvalue weighted by atomic mass is 10.2. The fourth-order valence-electron chi connectivity index (χ4n) is 2.98. The van der Waals surface area contributed by atoms with E-state index < -0.39 is 21.6 Å². The van der Waals surface area contributed by atoms with Crippen LogP contribution in [-0.2, 0) is 9.84 Å². The van der Waals surface area contributed by atoms with Crippen molar-refractivity contribution in [2.75, 3.05) is 29.6 Å². The molecule has 3 rings (SSSR count). The van der Waals surface area contributed by atoms with E-state index in [1.54, 1.807) is 24.3 Å². The lowest BCUT2D eigenvalue weighted by Gasteiger charge is -2.19. The van der Waals surface area contributed by atoms with Crippen LogP contribution in [0.2, 0.25) is 0 Å². The number of carbonyl (C=O) groups excluding carboxylic acids is 1. The summed E-state index contributed by atoms with van der Waals surface area (Å²) in [6, 6.07) is 10.5. The monoisotopic (exact) mass is 362 g/mol. The van der Waals surface area contributed by atoms with Crippen molar-refractivity contribution >= 4 is 27.1 Å². The minimum absolute atomic E-state index is 0.0361. The summed E-state index contributed by atoms with van der Waals surface area (Å²) < 4.78 is 38.0. The van der Waals surface area contributed by atoms with Crippen LogP contribution in [0.5, 0.6) is 0 Å². The highest BCUT2D eigenvalue weighted by Gasteiger charge is 2.20. The van der Waals surface area contributed by atoms with Gasteiger partial charge in [0, 0.05) is 25.0 Å². The first-order valence-corrected chi connectivity index (χ1v) is 9.90. The van der Waals surface area contributed by atoms with Gasteiger partial charge in [0.1, 0.15) is 5.82 Å². The van der Waals surface area contributed by atoms with Crippen LogP contribution in [0.3, 0.4) is 0 Å². The molecule has 1 amide bonds. The highest BCUT2D eigenvalue weighted by atomic mass is 32.2. The molecule has 132 valence electrons. The SMILES string of the molecule is CS(=O)(=O)c1ccccc1C(=O)Nc1ccc(N2CCCC2)c(F)c1. The van der Waals surface area contributed by atoms with Gasteiger partial charge in [-0.05, 0) is 43.2 Å². The molecule has 0 atom stereocenters. The molecule has 0 radical (unpaired) electrons. The zero-order valence-corrected chi connectivity index (χ0v) is 14.6. The minimum atomic E-state index is -3.54. The second kappa shape index (κ2) is 6.84. The van der Waals surface area contributed by atoms with Gasteiger partial charge in [0.2, 0.25) is 0 Å². The van der Waals surface area contributed by atoms with Gasteiger partial charge in [-0.1, -0.05) is 12.1 Å². The third-order valence-electron chi connectivity index (χ3n) is 4.18. The van der Waals surface area contributed by atoms with Crippen molar-refractivity contribution in [2.45, 2.75) is 17.7 Å². The summed E-state index contributed by atoms with van der Waals surface area (Å²) in [5.41, 5.74) is 0.842. The van der Waals surface area contributed by atoms with Crippen LogP contribution in [0.25, 0.3) is 0 Å². The fourth-order valence-corrected chi connectivity index (χ4v) is 3.86. The molecule has 1 heterocycles. The third kappa shape index (κ3) is 3.82. The molecule has 1 aliphatic heterocycles. The van der Waals surface area contributed by atoms with Crippen molar-refractivity contribution in [3.05, 3.63) is 53.8 Å². The van der Waals surface area contributed by atoms with Gasteiger partial charge in [0.05, 0.1) is 16.1 Å². The van der Waals surface area contributed by atoms with E-state index in [4.69, 9.17) is 0 Å². The lowest BCUT2D eigenvalue weighted by molar-refractivity contribution is 0.102. The van der Waals surface area contributed by atoms with E-state index in [0.29, 0.717) is 5.69 Å². The summed E-state index contributed by atoms with van der Waals surface area (Å²) in [5, 5.41) is 2.57. The number of hydrogen-bond donors (Lipinski definition) is 1. The van der Waals surface area contributed by atoms with Crippen LogP contribution in [-0.4, -0.2) is 33.7 Å². The summed E-state index contributed by atoms with van der Waals surface area (Å²) in [6.45, 7) is 1.65. The van der Waals surface area contributed by atoms with E-state index in [1.165, 1.54) is 18.2 Å². The number of benzene rings is 2. The number of hydrogen-bond acceptors (Lipinski definition) is 4. The highest BCUT2D eigenvalue weighted by Crippen LogP contribution is 2.26. The molecule has 2 aromatic carbocycles. The molecule has 25 heavy (non-hydrogen) atoms. The number of carbonyl (C=O) groups is 1. The topological polar surface area (TPSA) is 66.5 Å². The van der Waals surface area contributed by atoms with Gasteiger partial charge in [0.15, 0.2) is 9.84 Å². The molecule has 0 bridgehead atoms. The minimum Gasteiger partial charge on any atom is -0.369 e. The van der Waals surface area contributed by atoms with E-state index in [1.807, 2.05) is 4.90 Å². The molecule has 1 saturated heterocycles. The summed E-state index contributed by atoms with van der Waals surface area (Å²) in [5.74, 6) is -0.995. The Hall–Kier alpha value is -2.41. The number of sulfone groups is 1. The Bertz CT molecular complexity index is 906. The molecule has 5 nitrogen and oxygen atoms in total. The van der Waals surface area contributed by atoms with Crippen LogP contribution in [0.4, 0.5) is 15.8 Å². The quantitative estimate of drug-likeness (QED) is 0.908. The van der Waals surface area contributed by atoms with E-state index in [9.17, 15) is 17.6 Å². The van der Waals surface area contributed by atoms with Crippen LogP contribution >= 0.6 is 0 Å². The third-order valence-corrected chi connectivity index (χ3v) is 5.34. The maximum atomic E-state index is 14.3. The number of nitrogens with one attached hydrogen (secondary N) is 1. The Balaban J connectivity index is 1.83. The maximum Gasteiger partial charge on any atom is 0.256 e. The van der Waals surface area contributed by atoms with Crippen molar-refractivity contribution < 1.29 is 17.6 Å². The molecule has 1 fully saturated rings. The molecule has 0 unspecified atom stereocenters. The number of halogens is 1. The predicted molar refractivity (Wildman–Crippen MR) is 95.4 cm³/mol. The second-order valence-electron chi connectivity index (χ2n) is 6.08. The van der Waals surface area contributed by atoms with E-state index in [2.05, 4.69) is 5.32 Å². The average Bonchev–Trinajstić information content (AvgIpc) is 3.08. The molecule has 0 saturated carbocycles. The van der Waals surface area contributed by atoms with Crippen LogP contribution < -0.4 is 10.2 Å². The summed E-state index contributed by atoms with van der Waals surface area (Å²) >= 11 is 0. The van der Waals surface area contributed by atoms with Crippen molar-refractivity contribution in [2.24, 2.45) is 0 Å². The van der Waals surface area contributed by atoms with Crippen molar-refractivity contribution in [1.29, 1.82) is 0 Å². The van der Waals surface area contributed by atoms with Crippen LogP contribution in [0, 0.1) is 5.82 Å². The van der Waals surface area contributed by atoms with Gasteiger partial charge >= 0.3 is 0 Å². The van der Waals surface area contributed by atoms with Crippen LogP contribution in [0.15, 0.2) is 47.4 Å². The molecular formula is C18H19FN2O3S. The van der Waals surface area contributed by atoms with Crippen LogP contribution in [0.1, 0.15) is 23.2 Å². The number of anilines is 2. The predicted octanol–water partition coefficient (Wildman–Crippen LogP) is 3.08. The van der Waals surface area contributed by atoms with E-state index >= 15 is 0 Å². The fraction of sp³-hybridized carbons (Fsp3) is 0.278. The molecule has 2 aromatic rings. The van der Waals surface area contributed by atoms with Crippen molar-refractivity contribution in [3.63, 3.8) is 0 Å². The zero-order chi connectivity index (χ0) is 18.0. The first-order chi connectivity index (χ1) is 11.9. The zero-order valence-electron chi connectivity index (χ0n) is 13.8. The maximum absolute atomic E-state index is 14.3. The number of nitrogens with zero attached hydrogens (tertiary/aromatic N) is 1. The van der Waals surface area contributed by atoms with Gasteiger partial charge in [-0.3, -0.25) is 4.79 Å². The summed E-state index contributed by atoms with van der Waals surface area (Å²) in [6.07, 6.45) is 3.13. The van der Waals surface area contributed by atoms with Gasteiger partial charge in [-0.15, -0.1) is 0 Å². The smallest absolute Gasteiger partial charge is 0.256 e. The standard InChI is InChI=1S/C18H19FN2O3S/c1-25(23,24)17-7-3-2-6-14(17)18(22)20-13-8-9-16(15(19)12-13)21-10-4-5-11-21/h2-3,6-9,12H,4-5,10-11H2,1H3,(H,20,22). The Kier molecular flexibility index (Phi) is 4.76. The van der Waals surface area contributed by atoms with E-state index in [-0.39, 0.29) is 16.1 Å². The van der Waals surface area contributed by atoms with Gasteiger partial charge in [-0.25, -0.2) is 12.8 Å². The molecule has 0 aromatic heterocycles. The Morgan fingerprint density at radius 1 is 1.12 bits per heavy atom. The Morgan fingerprint density at radius 2 is 1.80 bits per heavy atom. The van der Waals surface area contributed by atoms with E-state index in [0.717, 1.165) is 32.2 Å². The normalized spacial score (nSPS) is 14.6. The van der Waals surface area contributed by atoms with Crippen molar-refractivity contribution in [3.8, 4) is 0 Å². The second-order valence-corrected chi connectivity index (χ2v) is 8.07. The molecule has 0 aliphatic carbocycles. The number of rotatable bonds is 4. The molecule has 1 aliphatic rings.